The standard InChI is InChI=1S/C22H20FN3O2/c1-28-21-8-4-7-20(23)19(21)12-10-16-9-11-18(22-25-24-14-26(16)22)17-6-3-2-5-15(17)13-27/h2-9,11,14,27H,10,12-13H2,1H3. The Balaban J connectivity index is 1.71. The first kappa shape index (κ1) is 18.1. The predicted molar refractivity (Wildman–Crippen MR) is 105 cm³/mol. The Morgan fingerprint density at radius 1 is 1.00 bits per heavy atom. The van der Waals surface area contributed by atoms with Crippen LogP contribution in [0, 0.1) is 5.82 Å². The van der Waals surface area contributed by atoms with Crippen LogP contribution in [-0.4, -0.2) is 26.8 Å². The zero-order valence-corrected chi connectivity index (χ0v) is 15.5. The molecule has 0 radical (unpaired) electrons. The van der Waals surface area contributed by atoms with Gasteiger partial charge in [0.15, 0.2) is 5.65 Å². The molecule has 0 atom stereocenters. The summed E-state index contributed by atoms with van der Waals surface area (Å²) in [6.45, 7) is -0.0503. The van der Waals surface area contributed by atoms with Gasteiger partial charge in [0.2, 0.25) is 0 Å². The number of aromatic nitrogens is 3. The minimum Gasteiger partial charge on any atom is -0.496 e. The molecule has 2 aromatic heterocycles. The molecule has 0 aliphatic carbocycles. The first-order valence-electron chi connectivity index (χ1n) is 9.05. The number of hydrogen-bond donors (Lipinski definition) is 1. The Bertz CT molecular complexity index is 1120. The molecule has 4 rings (SSSR count). The molecule has 5 nitrogen and oxygen atoms in total. The van der Waals surface area contributed by atoms with Crippen molar-refractivity contribution in [2.24, 2.45) is 0 Å². The van der Waals surface area contributed by atoms with Gasteiger partial charge in [-0.15, -0.1) is 10.2 Å². The minimum absolute atomic E-state index is 0.0503. The summed E-state index contributed by atoms with van der Waals surface area (Å²) in [4.78, 5) is 0. The van der Waals surface area contributed by atoms with Gasteiger partial charge >= 0.3 is 0 Å². The topological polar surface area (TPSA) is 59.7 Å². The highest BCUT2D eigenvalue weighted by molar-refractivity contribution is 5.79. The molecule has 4 aromatic rings. The van der Waals surface area contributed by atoms with Crippen molar-refractivity contribution in [3.8, 4) is 16.9 Å². The van der Waals surface area contributed by atoms with Crippen molar-refractivity contribution < 1.29 is 14.2 Å². The van der Waals surface area contributed by atoms with E-state index >= 15 is 0 Å². The lowest BCUT2D eigenvalue weighted by Crippen LogP contribution is -2.03. The van der Waals surface area contributed by atoms with E-state index in [9.17, 15) is 9.50 Å². The maximum Gasteiger partial charge on any atom is 0.168 e. The minimum atomic E-state index is -0.271. The van der Waals surface area contributed by atoms with Crippen molar-refractivity contribution in [1.82, 2.24) is 14.6 Å². The second kappa shape index (κ2) is 7.78. The van der Waals surface area contributed by atoms with E-state index in [1.54, 1.807) is 25.6 Å². The molecular formula is C22H20FN3O2. The zero-order valence-electron chi connectivity index (χ0n) is 15.5. The van der Waals surface area contributed by atoms with Crippen LogP contribution in [-0.2, 0) is 19.4 Å². The lowest BCUT2D eigenvalue weighted by Gasteiger charge is -2.13. The SMILES string of the molecule is COc1cccc(F)c1CCc1ccc(-c2ccccc2CO)c2nncn12. The van der Waals surface area contributed by atoms with Crippen LogP contribution in [0.25, 0.3) is 16.8 Å². The molecule has 142 valence electrons. The third kappa shape index (κ3) is 3.23. The second-order valence-corrected chi connectivity index (χ2v) is 6.50. The number of nitrogens with zero attached hydrogens (tertiary/aromatic N) is 3. The van der Waals surface area contributed by atoms with E-state index in [2.05, 4.69) is 10.2 Å². The summed E-state index contributed by atoms with van der Waals surface area (Å²) in [5.41, 5.74) is 4.88. The smallest absolute Gasteiger partial charge is 0.168 e. The van der Waals surface area contributed by atoms with E-state index < -0.39 is 0 Å². The quantitative estimate of drug-likeness (QED) is 0.555. The number of benzene rings is 2. The van der Waals surface area contributed by atoms with Crippen molar-refractivity contribution >= 4 is 5.65 Å². The highest BCUT2D eigenvalue weighted by Crippen LogP contribution is 2.29. The van der Waals surface area contributed by atoms with Crippen LogP contribution in [0.15, 0.2) is 60.9 Å². The number of aryl methyl sites for hydroxylation is 1. The van der Waals surface area contributed by atoms with Gasteiger partial charge in [0.25, 0.3) is 0 Å². The van der Waals surface area contributed by atoms with Crippen LogP contribution in [0.4, 0.5) is 4.39 Å². The summed E-state index contributed by atoms with van der Waals surface area (Å²) in [5.74, 6) is 0.279. The maximum atomic E-state index is 14.2. The summed E-state index contributed by atoms with van der Waals surface area (Å²) in [7, 11) is 1.55. The van der Waals surface area contributed by atoms with Crippen molar-refractivity contribution in [3.63, 3.8) is 0 Å². The first-order valence-corrected chi connectivity index (χ1v) is 9.05. The summed E-state index contributed by atoms with van der Waals surface area (Å²) in [5, 5.41) is 18.0. The van der Waals surface area contributed by atoms with Gasteiger partial charge in [0, 0.05) is 16.8 Å². The molecule has 0 saturated heterocycles. The number of rotatable bonds is 6. The molecule has 0 aliphatic rings. The molecule has 0 aliphatic heterocycles. The molecule has 6 heteroatoms. The van der Waals surface area contributed by atoms with Gasteiger partial charge < -0.3 is 9.84 Å². The molecule has 0 fully saturated rings. The van der Waals surface area contributed by atoms with Gasteiger partial charge in [0.05, 0.1) is 13.7 Å². The fraction of sp³-hybridized carbons (Fsp3) is 0.182. The Hall–Kier alpha value is -3.25. The number of ether oxygens (including phenoxy) is 1. The summed E-state index contributed by atoms with van der Waals surface area (Å²) in [6.07, 6.45) is 2.76. The van der Waals surface area contributed by atoms with Crippen LogP contribution < -0.4 is 4.74 Å². The highest BCUT2D eigenvalue weighted by atomic mass is 19.1. The molecule has 0 spiro atoms. The molecule has 1 N–H and O–H groups in total. The summed E-state index contributed by atoms with van der Waals surface area (Å²) < 4.78 is 21.4. The number of fused-ring (bicyclic) bond motifs is 1. The third-order valence-electron chi connectivity index (χ3n) is 4.95. The fourth-order valence-electron chi connectivity index (χ4n) is 3.52. The van der Waals surface area contributed by atoms with E-state index in [4.69, 9.17) is 4.74 Å². The Labute approximate surface area is 162 Å². The van der Waals surface area contributed by atoms with E-state index in [0.29, 0.717) is 29.8 Å². The lowest BCUT2D eigenvalue weighted by molar-refractivity contribution is 0.282. The third-order valence-corrected chi connectivity index (χ3v) is 4.95. The average molecular weight is 377 g/mol. The van der Waals surface area contributed by atoms with Crippen molar-refractivity contribution in [1.29, 1.82) is 0 Å². The van der Waals surface area contributed by atoms with Gasteiger partial charge in [-0.3, -0.25) is 4.40 Å². The summed E-state index contributed by atoms with van der Waals surface area (Å²) >= 11 is 0. The number of methoxy groups -OCH3 is 1. The van der Waals surface area contributed by atoms with E-state index in [0.717, 1.165) is 22.4 Å². The van der Waals surface area contributed by atoms with Gasteiger partial charge in [-0.25, -0.2) is 4.39 Å². The number of aliphatic hydroxyl groups is 1. The monoisotopic (exact) mass is 377 g/mol. The highest BCUT2D eigenvalue weighted by Gasteiger charge is 2.14. The zero-order chi connectivity index (χ0) is 19.5. The van der Waals surface area contributed by atoms with Crippen LogP contribution in [0.5, 0.6) is 5.75 Å². The number of hydrogen-bond acceptors (Lipinski definition) is 4. The number of halogens is 1. The normalized spacial score (nSPS) is 11.1. The molecule has 0 bridgehead atoms. The largest absolute Gasteiger partial charge is 0.496 e. The van der Waals surface area contributed by atoms with E-state index in [-0.39, 0.29) is 12.4 Å². The first-order chi connectivity index (χ1) is 13.7. The Morgan fingerprint density at radius 3 is 2.68 bits per heavy atom. The van der Waals surface area contributed by atoms with Crippen molar-refractivity contribution in [2.75, 3.05) is 7.11 Å². The molecular weight excluding hydrogens is 357 g/mol. The van der Waals surface area contributed by atoms with E-state index in [1.165, 1.54) is 6.07 Å². The maximum absolute atomic E-state index is 14.2. The molecule has 0 saturated carbocycles. The summed E-state index contributed by atoms with van der Waals surface area (Å²) in [6, 6.07) is 16.5. The van der Waals surface area contributed by atoms with Gasteiger partial charge in [-0.2, -0.15) is 0 Å². The average Bonchev–Trinajstić information content (AvgIpc) is 3.22. The van der Waals surface area contributed by atoms with Crippen molar-refractivity contribution in [3.05, 3.63) is 83.6 Å². The van der Waals surface area contributed by atoms with Crippen LogP contribution in [0.2, 0.25) is 0 Å². The van der Waals surface area contributed by atoms with Crippen LogP contribution in [0.1, 0.15) is 16.8 Å². The fourth-order valence-corrected chi connectivity index (χ4v) is 3.52. The lowest BCUT2D eigenvalue weighted by atomic mass is 9.99. The van der Waals surface area contributed by atoms with Crippen LogP contribution in [0.3, 0.4) is 0 Å². The molecule has 0 unspecified atom stereocenters. The predicted octanol–water partition coefficient (Wildman–Crippen LogP) is 3.82. The number of pyridine rings is 1. The molecule has 2 heterocycles. The van der Waals surface area contributed by atoms with Gasteiger partial charge in [-0.05, 0) is 48.2 Å². The van der Waals surface area contributed by atoms with Gasteiger partial charge in [0.1, 0.15) is 17.9 Å². The van der Waals surface area contributed by atoms with Crippen molar-refractivity contribution in [2.45, 2.75) is 19.4 Å². The van der Waals surface area contributed by atoms with Crippen LogP contribution >= 0.6 is 0 Å². The second-order valence-electron chi connectivity index (χ2n) is 6.50. The molecule has 2 aromatic carbocycles. The number of aliphatic hydroxyl groups excluding tert-OH is 1. The Morgan fingerprint density at radius 2 is 1.86 bits per heavy atom. The van der Waals surface area contributed by atoms with E-state index in [1.807, 2.05) is 40.8 Å². The molecule has 28 heavy (non-hydrogen) atoms. The van der Waals surface area contributed by atoms with Gasteiger partial charge in [-0.1, -0.05) is 30.3 Å². The molecule has 0 amide bonds. The Kier molecular flexibility index (Phi) is 5.04.